The standard InChI is InChI=1S/C13H14N6O/c1-2-20-9-5-3-8(4-6-9)17-12-10-11(16-7-15-10)18-13(14)19-12/h3-7H,2H2,1H3,(H4,14,15,16,17,18,19). The molecule has 0 saturated carbocycles. The average Bonchev–Trinajstić information content (AvgIpc) is 2.89. The summed E-state index contributed by atoms with van der Waals surface area (Å²) in [4.78, 5) is 15.3. The van der Waals surface area contributed by atoms with Gasteiger partial charge in [0.05, 0.1) is 12.9 Å². The molecular formula is C13H14N6O. The smallest absolute Gasteiger partial charge is 0.224 e. The van der Waals surface area contributed by atoms with Crippen LogP contribution in [0.1, 0.15) is 6.92 Å². The molecule has 7 nitrogen and oxygen atoms in total. The quantitative estimate of drug-likeness (QED) is 0.671. The second kappa shape index (κ2) is 5.04. The first-order chi connectivity index (χ1) is 9.76. The molecule has 1 aromatic carbocycles. The Balaban J connectivity index is 1.90. The van der Waals surface area contributed by atoms with Gasteiger partial charge < -0.3 is 20.8 Å². The molecule has 0 aliphatic carbocycles. The molecule has 0 fully saturated rings. The van der Waals surface area contributed by atoms with Crippen molar-refractivity contribution in [1.29, 1.82) is 0 Å². The summed E-state index contributed by atoms with van der Waals surface area (Å²) in [5, 5.41) is 3.19. The third-order valence-corrected chi connectivity index (χ3v) is 2.73. The highest BCUT2D eigenvalue weighted by Crippen LogP contribution is 2.23. The largest absolute Gasteiger partial charge is 0.494 e. The fourth-order valence-electron chi connectivity index (χ4n) is 1.88. The molecule has 0 aliphatic rings. The third-order valence-electron chi connectivity index (χ3n) is 2.73. The lowest BCUT2D eigenvalue weighted by Crippen LogP contribution is -2.01. The molecule has 2 heterocycles. The molecule has 0 radical (unpaired) electrons. The SMILES string of the molecule is CCOc1ccc(Nc2nc(N)nc3nc[nH]c23)cc1. The van der Waals surface area contributed by atoms with Crippen molar-refractivity contribution in [2.24, 2.45) is 0 Å². The lowest BCUT2D eigenvalue weighted by Gasteiger charge is -2.08. The maximum Gasteiger partial charge on any atom is 0.224 e. The molecule has 0 aliphatic heterocycles. The second-order valence-electron chi connectivity index (χ2n) is 4.11. The molecule has 0 bridgehead atoms. The third kappa shape index (κ3) is 2.33. The number of nitrogens with zero attached hydrogens (tertiary/aromatic N) is 3. The summed E-state index contributed by atoms with van der Waals surface area (Å²) in [7, 11) is 0. The van der Waals surface area contributed by atoms with Gasteiger partial charge in [0.25, 0.3) is 0 Å². The first-order valence-corrected chi connectivity index (χ1v) is 6.22. The fourth-order valence-corrected chi connectivity index (χ4v) is 1.88. The van der Waals surface area contributed by atoms with Gasteiger partial charge in [-0.15, -0.1) is 0 Å². The number of fused-ring (bicyclic) bond motifs is 1. The van der Waals surface area contributed by atoms with Crippen LogP contribution in [0.3, 0.4) is 0 Å². The van der Waals surface area contributed by atoms with Gasteiger partial charge in [0.2, 0.25) is 5.95 Å². The van der Waals surface area contributed by atoms with E-state index in [9.17, 15) is 0 Å². The normalized spacial score (nSPS) is 10.7. The maximum atomic E-state index is 5.67. The summed E-state index contributed by atoms with van der Waals surface area (Å²) >= 11 is 0. The lowest BCUT2D eigenvalue weighted by molar-refractivity contribution is 0.340. The van der Waals surface area contributed by atoms with Crippen LogP contribution < -0.4 is 15.8 Å². The number of imidazole rings is 1. The van der Waals surface area contributed by atoms with Crippen LogP contribution >= 0.6 is 0 Å². The van der Waals surface area contributed by atoms with Crippen LogP contribution in [0.4, 0.5) is 17.5 Å². The molecular weight excluding hydrogens is 256 g/mol. The summed E-state index contributed by atoms with van der Waals surface area (Å²) in [6.45, 7) is 2.59. The highest BCUT2D eigenvalue weighted by atomic mass is 16.5. The van der Waals surface area contributed by atoms with Crippen molar-refractivity contribution in [3.05, 3.63) is 30.6 Å². The molecule has 0 amide bonds. The van der Waals surface area contributed by atoms with Gasteiger partial charge in [0.1, 0.15) is 11.3 Å². The van der Waals surface area contributed by atoms with Gasteiger partial charge in [-0.2, -0.15) is 9.97 Å². The van der Waals surface area contributed by atoms with Crippen LogP contribution in [0.25, 0.3) is 11.2 Å². The minimum absolute atomic E-state index is 0.179. The van der Waals surface area contributed by atoms with Gasteiger partial charge in [-0.1, -0.05) is 0 Å². The minimum Gasteiger partial charge on any atom is -0.494 e. The van der Waals surface area contributed by atoms with E-state index in [4.69, 9.17) is 10.5 Å². The van der Waals surface area contributed by atoms with Gasteiger partial charge in [0.15, 0.2) is 11.5 Å². The van der Waals surface area contributed by atoms with E-state index in [1.54, 1.807) is 6.33 Å². The van der Waals surface area contributed by atoms with Crippen LogP contribution in [-0.2, 0) is 0 Å². The predicted molar refractivity (Wildman–Crippen MR) is 77.0 cm³/mol. The lowest BCUT2D eigenvalue weighted by atomic mass is 10.3. The molecule has 0 atom stereocenters. The van der Waals surface area contributed by atoms with E-state index >= 15 is 0 Å². The number of rotatable bonds is 4. The van der Waals surface area contributed by atoms with Crippen molar-refractivity contribution in [2.75, 3.05) is 17.7 Å². The zero-order chi connectivity index (χ0) is 13.9. The van der Waals surface area contributed by atoms with Crippen molar-refractivity contribution in [2.45, 2.75) is 6.92 Å². The molecule has 102 valence electrons. The zero-order valence-electron chi connectivity index (χ0n) is 10.9. The Bertz CT molecular complexity index is 721. The molecule has 3 aromatic rings. The van der Waals surface area contributed by atoms with Gasteiger partial charge in [-0.3, -0.25) is 0 Å². The number of nitrogens with two attached hydrogens (primary N) is 1. The number of nitrogens with one attached hydrogen (secondary N) is 2. The molecule has 3 rings (SSSR count). The number of anilines is 3. The van der Waals surface area contributed by atoms with E-state index < -0.39 is 0 Å². The Morgan fingerprint density at radius 2 is 2.05 bits per heavy atom. The molecule has 2 aromatic heterocycles. The summed E-state index contributed by atoms with van der Waals surface area (Å²) in [6.07, 6.45) is 1.56. The van der Waals surface area contributed by atoms with Crippen molar-refractivity contribution in [3.63, 3.8) is 0 Å². The monoisotopic (exact) mass is 270 g/mol. The molecule has 4 N–H and O–H groups in total. The molecule has 0 spiro atoms. The van der Waals surface area contributed by atoms with E-state index in [1.807, 2.05) is 31.2 Å². The highest BCUT2D eigenvalue weighted by Gasteiger charge is 2.08. The average molecular weight is 270 g/mol. The summed E-state index contributed by atoms with van der Waals surface area (Å²) in [5.74, 6) is 1.60. The van der Waals surface area contributed by atoms with Crippen molar-refractivity contribution >= 4 is 28.6 Å². The predicted octanol–water partition coefficient (Wildman–Crippen LogP) is 2.08. The Kier molecular flexibility index (Phi) is 3.08. The number of ether oxygens (including phenoxy) is 1. The van der Waals surface area contributed by atoms with Crippen molar-refractivity contribution in [3.8, 4) is 5.75 Å². The van der Waals surface area contributed by atoms with Crippen LogP contribution in [0.5, 0.6) is 5.75 Å². The molecule has 20 heavy (non-hydrogen) atoms. The highest BCUT2D eigenvalue weighted by molar-refractivity contribution is 5.85. The Labute approximate surface area is 115 Å². The summed E-state index contributed by atoms with van der Waals surface area (Å²) in [6, 6.07) is 7.60. The van der Waals surface area contributed by atoms with Gasteiger partial charge in [-0.05, 0) is 31.2 Å². The first-order valence-electron chi connectivity index (χ1n) is 6.22. The second-order valence-corrected chi connectivity index (χ2v) is 4.11. The minimum atomic E-state index is 0.179. The first kappa shape index (κ1) is 12.2. The van der Waals surface area contributed by atoms with Crippen molar-refractivity contribution < 1.29 is 4.74 Å². The molecule has 0 unspecified atom stereocenters. The topological polar surface area (TPSA) is 102 Å². The van der Waals surface area contributed by atoms with E-state index in [2.05, 4.69) is 25.3 Å². The Hall–Kier alpha value is -2.83. The van der Waals surface area contributed by atoms with Gasteiger partial charge in [-0.25, -0.2) is 4.98 Å². The van der Waals surface area contributed by atoms with Crippen LogP contribution in [-0.4, -0.2) is 26.5 Å². The number of nitrogen functional groups attached to an aromatic ring is 1. The summed E-state index contributed by atoms with van der Waals surface area (Å²) in [5.41, 5.74) is 7.79. The zero-order valence-corrected chi connectivity index (χ0v) is 10.9. The number of benzene rings is 1. The fraction of sp³-hybridized carbons (Fsp3) is 0.154. The Morgan fingerprint density at radius 3 is 2.80 bits per heavy atom. The molecule has 7 heteroatoms. The number of aromatic nitrogens is 4. The number of H-pyrrole nitrogens is 1. The molecule has 0 saturated heterocycles. The van der Waals surface area contributed by atoms with Gasteiger partial charge in [0, 0.05) is 5.69 Å². The Morgan fingerprint density at radius 1 is 1.25 bits per heavy atom. The van der Waals surface area contributed by atoms with Gasteiger partial charge >= 0.3 is 0 Å². The number of aromatic amines is 1. The van der Waals surface area contributed by atoms with Crippen molar-refractivity contribution in [1.82, 2.24) is 19.9 Å². The van der Waals surface area contributed by atoms with E-state index in [0.717, 1.165) is 11.4 Å². The van der Waals surface area contributed by atoms with Crippen LogP contribution in [0.2, 0.25) is 0 Å². The number of hydrogen-bond donors (Lipinski definition) is 3. The number of hydrogen-bond acceptors (Lipinski definition) is 6. The van der Waals surface area contributed by atoms with E-state index in [1.165, 1.54) is 0 Å². The maximum absolute atomic E-state index is 5.67. The van der Waals surface area contributed by atoms with Crippen LogP contribution in [0.15, 0.2) is 30.6 Å². The van der Waals surface area contributed by atoms with Crippen LogP contribution in [0, 0.1) is 0 Å². The summed E-state index contributed by atoms with van der Waals surface area (Å²) < 4.78 is 5.40. The van der Waals surface area contributed by atoms with E-state index in [-0.39, 0.29) is 5.95 Å². The van der Waals surface area contributed by atoms with E-state index in [0.29, 0.717) is 23.6 Å².